The molecule has 2 rings (SSSR count). The molecule has 0 saturated carbocycles. The highest BCUT2D eigenvalue weighted by atomic mass is 35.5. The van der Waals surface area contributed by atoms with Crippen LogP contribution in [-0.2, 0) is 6.54 Å². The van der Waals surface area contributed by atoms with E-state index in [4.69, 9.17) is 11.6 Å². The van der Waals surface area contributed by atoms with Crippen LogP contribution in [0.1, 0.15) is 48.4 Å². The van der Waals surface area contributed by atoms with Crippen LogP contribution in [0.15, 0.2) is 12.3 Å². The number of rotatable bonds is 4. The number of nitrogens with zero attached hydrogens (tertiary/aromatic N) is 2. The molecule has 5 nitrogen and oxygen atoms in total. The molecule has 2 heterocycles. The van der Waals surface area contributed by atoms with Crippen molar-refractivity contribution in [2.45, 2.75) is 40.2 Å². The molecular formula is C14H19ClN4O. The predicted octanol–water partition coefficient (Wildman–Crippen LogP) is 3.57. The Morgan fingerprint density at radius 1 is 1.55 bits per heavy atom. The summed E-state index contributed by atoms with van der Waals surface area (Å²) in [6.45, 7) is 8.75. The van der Waals surface area contributed by atoms with Crippen LogP contribution >= 0.6 is 11.6 Å². The smallest absolute Gasteiger partial charge is 0.273 e. The molecule has 0 radical (unpaired) electrons. The number of amides is 1. The number of aryl methyl sites for hydroxylation is 1. The molecule has 0 bridgehead atoms. The molecular weight excluding hydrogens is 276 g/mol. The number of hydrogen-bond acceptors (Lipinski definition) is 2. The molecule has 20 heavy (non-hydrogen) atoms. The molecule has 108 valence electrons. The van der Waals surface area contributed by atoms with Crippen LogP contribution in [0.5, 0.6) is 0 Å². The molecule has 0 aliphatic carbocycles. The standard InChI is InChI=1S/C14H19ClN4O/c1-5-19-7-10(15)6-11(19)14(20)16-13-9(4)12(8(2)3)17-18-13/h6-8H,5H2,1-4H3,(H2,16,17,18,20). The average Bonchev–Trinajstić information content (AvgIpc) is 2.93. The van der Waals surface area contributed by atoms with Gasteiger partial charge in [0.05, 0.1) is 5.02 Å². The number of nitrogens with one attached hydrogen (secondary N) is 2. The van der Waals surface area contributed by atoms with Crippen molar-refractivity contribution in [3.63, 3.8) is 0 Å². The summed E-state index contributed by atoms with van der Waals surface area (Å²) in [6.07, 6.45) is 1.74. The zero-order valence-electron chi connectivity index (χ0n) is 12.1. The summed E-state index contributed by atoms with van der Waals surface area (Å²) in [5.41, 5.74) is 2.53. The highest BCUT2D eigenvalue weighted by Crippen LogP contribution is 2.23. The van der Waals surface area contributed by atoms with E-state index in [-0.39, 0.29) is 5.91 Å². The van der Waals surface area contributed by atoms with Crippen LogP contribution in [0.4, 0.5) is 5.82 Å². The van der Waals surface area contributed by atoms with Gasteiger partial charge in [0.2, 0.25) is 0 Å². The van der Waals surface area contributed by atoms with Gasteiger partial charge < -0.3 is 9.88 Å². The van der Waals surface area contributed by atoms with E-state index in [1.54, 1.807) is 12.3 Å². The molecule has 0 aliphatic heterocycles. The number of halogens is 1. The molecule has 0 saturated heterocycles. The lowest BCUT2D eigenvalue weighted by molar-refractivity contribution is 0.101. The minimum atomic E-state index is -0.205. The Hall–Kier alpha value is -1.75. The Balaban J connectivity index is 2.23. The van der Waals surface area contributed by atoms with Gasteiger partial charge in [-0.25, -0.2) is 0 Å². The van der Waals surface area contributed by atoms with Crippen LogP contribution in [0.3, 0.4) is 0 Å². The monoisotopic (exact) mass is 294 g/mol. The SMILES string of the molecule is CCn1cc(Cl)cc1C(=O)Nc1n[nH]c(C(C)C)c1C. The summed E-state index contributed by atoms with van der Waals surface area (Å²) in [7, 11) is 0. The van der Waals surface area contributed by atoms with Gasteiger partial charge >= 0.3 is 0 Å². The van der Waals surface area contributed by atoms with Crippen molar-refractivity contribution in [3.05, 3.63) is 34.2 Å². The first-order chi connectivity index (χ1) is 9.43. The van der Waals surface area contributed by atoms with E-state index in [9.17, 15) is 4.79 Å². The summed E-state index contributed by atoms with van der Waals surface area (Å²) in [5.74, 6) is 0.699. The van der Waals surface area contributed by atoms with Gasteiger partial charge in [0.1, 0.15) is 5.69 Å². The number of carbonyl (C=O) groups excluding carboxylic acids is 1. The van der Waals surface area contributed by atoms with E-state index in [1.807, 2.05) is 18.4 Å². The fourth-order valence-electron chi connectivity index (χ4n) is 2.19. The summed E-state index contributed by atoms with van der Waals surface area (Å²) in [5, 5.41) is 10.5. The molecule has 0 aliphatic rings. The summed E-state index contributed by atoms with van der Waals surface area (Å²) >= 11 is 5.95. The first-order valence-electron chi connectivity index (χ1n) is 6.65. The number of carbonyl (C=O) groups is 1. The maximum absolute atomic E-state index is 12.3. The van der Waals surface area contributed by atoms with Crippen LogP contribution in [0.25, 0.3) is 0 Å². The topological polar surface area (TPSA) is 62.7 Å². The largest absolute Gasteiger partial charge is 0.342 e. The molecule has 0 spiro atoms. The molecule has 0 fully saturated rings. The minimum Gasteiger partial charge on any atom is -0.342 e. The first kappa shape index (κ1) is 14.7. The van der Waals surface area contributed by atoms with E-state index in [1.165, 1.54) is 0 Å². The highest BCUT2D eigenvalue weighted by molar-refractivity contribution is 6.31. The van der Waals surface area contributed by atoms with Crippen LogP contribution in [0, 0.1) is 6.92 Å². The molecule has 6 heteroatoms. The maximum Gasteiger partial charge on any atom is 0.273 e. The van der Waals surface area contributed by atoms with E-state index >= 15 is 0 Å². The van der Waals surface area contributed by atoms with Gasteiger partial charge in [-0.3, -0.25) is 9.89 Å². The number of hydrogen-bond donors (Lipinski definition) is 2. The molecule has 2 aromatic rings. The molecule has 2 N–H and O–H groups in total. The normalized spacial score (nSPS) is 11.1. The quantitative estimate of drug-likeness (QED) is 0.905. The fourth-order valence-corrected chi connectivity index (χ4v) is 2.41. The van der Waals surface area contributed by atoms with Crippen molar-refractivity contribution in [1.82, 2.24) is 14.8 Å². The number of aromatic nitrogens is 3. The van der Waals surface area contributed by atoms with E-state index in [0.29, 0.717) is 29.0 Å². The molecule has 0 unspecified atom stereocenters. The molecule has 0 atom stereocenters. The molecule has 0 aromatic carbocycles. The lowest BCUT2D eigenvalue weighted by Gasteiger charge is -2.07. The first-order valence-corrected chi connectivity index (χ1v) is 7.03. The molecule has 1 amide bonds. The van der Waals surface area contributed by atoms with Gasteiger partial charge in [0.25, 0.3) is 5.91 Å². The third kappa shape index (κ3) is 2.72. The fraction of sp³-hybridized carbons (Fsp3) is 0.429. The Kier molecular flexibility index (Phi) is 4.18. The zero-order chi connectivity index (χ0) is 14.9. The second kappa shape index (κ2) is 5.71. The van der Waals surface area contributed by atoms with Gasteiger partial charge in [0.15, 0.2) is 5.82 Å². The summed E-state index contributed by atoms with van der Waals surface area (Å²) in [6, 6.07) is 1.66. The Bertz CT molecular complexity index is 627. The predicted molar refractivity (Wildman–Crippen MR) is 80.5 cm³/mol. The summed E-state index contributed by atoms with van der Waals surface area (Å²) < 4.78 is 1.81. The number of H-pyrrole nitrogens is 1. The Morgan fingerprint density at radius 2 is 2.25 bits per heavy atom. The second-order valence-electron chi connectivity index (χ2n) is 5.05. The van der Waals surface area contributed by atoms with Crippen molar-refractivity contribution in [1.29, 1.82) is 0 Å². The van der Waals surface area contributed by atoms with Gasteiger partial charge in [-0.2, -0.15) is 5.10 Å². The van der Waals surface area contributed by atoms with E-state index < -0.39 is 0 Å². The minimum absolute atomic E-state index is 0.205. The Labute approximate surface area is 123 Å². The van der Waals surface area contributed by atoms with E-state index in [2.05, 4.69) is 29.4 Å². The van der Waals surface area contributed by atoms with Gasteiger partial charge in [-0.1, -0.05) is 25.4 Å². The van der Waals surface area contributed by atoms with Crippen LogP contribution in [-0.4, -0.2) is 20.7 Å². The lowest BCUT2D eigenvalue weighted by Crippen LogP contribution is -2.17. The second-order valence-corrected chi connectivity index (χ2v) is 5.49. The van der Waals surface area contributed by atoms with Gasteiger partial charge in [-0.05, 0) is 25.8 Å². The highest BCUT2D eigenvalue weighted by Gasteiger charge is 2.17. The third-order valence-electron chi connectivity index (χ3n) is 3.29. The van der Waals surface area contributed by atoms with Gasteiger partial charge in [-0.15, -0.1) is 0 Å². The third-order valence-corrected chi connectivity index (χ3v) is 3.50. The van der Waals surface area contributed by atoms with Crippen molar-refractivity contribution in [2.75, 3.05) is 5.32 Å². The lowest BCUT2D eigenvalue weighted by atomic mass is 10.1. The average molecular weight is 295 g/mol. The number of aromatic amines is 1. The van der Waals surface area contributed by atoms with E-state index in [0.717, 1.165) is 11.3 Å². The van der Waals surface area contributed by atoms with Crippen molar-refractivity contribution in [3.8, 4) is 0 Å². The Morgan fingerprint density at radius 3 is 2.80 bits per heavy atom. The molecule has 2 aromatic heterocycles. The zero-order valence-corrected chi connectivity index (χ0v) is 12.9. The van der Waals surface area contributed by atoms with Crippen LogP contribution < -0.4 is 5.32 Å². The summed E-state index contributed by atoms with van der Waals surface area (Å²) in [4.78, 5) is 12.3. The van der Waals surface area contributed by atoms with Crippen LogP contribution in [0.2, 0.25) is 5.02 Å². The van der Waals surface area contributed by atoms with Crippen molar-refractivity contribution in [2.24, 2.45) is 0 Å². The van der Waals surface area contributed by atoms with Gasteiger partial charge in [0, 0.05) is 24.0 Å². The van der Waals surface area contributed by atoms with Crippen molar-refractivity contribution < 1.29 is 4.79 Å². The van der Waals surface area contributed by atoms with Crippen molar-refractivity contribution >= 4 is 23.3 Å². The number of anilines is 1. The maximum atomic E-state index is 12.3.